The minimum absolute atomic E-state index is 0.00106. The third-order valence-corrected chi connectivity index (χ3v) is 2.95. The van der Waals surface area contributed by atoms with E-state index in [1.165, 1.54) is 0 Å². The van der Waals surface area contributed by atoms with Crippen molar-refractivity contribution in [2.24, 2.45) is 5.73 Å². The van der Waals surface area contributed by atoms with Crippen LogP contribution in [0.1, 0.15) is 22.0 Å². The molecule has 86 valence electrons. The van der Waals surface area contributed by atoms with Crippen LogP contribution in [0.5, 0.6) is 0 Å². The smallest absolute Gasteiger partial charge is 0.254 e. The standard InChI is InChI=1S/C12H16N2O2/c1-16-7-6-14-11(8-13)9-4-2-3-5-10(9)12(14)15/h2-5,11H,6-8,13H2,1H3. The summed E-state index contributed by atoms with van der Waals surface area (Å²) in [5.74, 6) is 0.0584. The van der Waals surface area contributed by atoms with E-state index in [4.69, 9.17) is 10.5 Å². The van der Waals surface area contributed by atoms with E-state index in [1.54, 1.807) is 12.0 Å². The van der Waals surface area contributed by atoms with Crippen molar-refractivity contribution in [2.75, 3.05) is 26.8 Å². The number of methoxy groups -OCH3 is 1. The van der Waals surface area contributed by atoms with Gasteiger partial charge in [-0.15, -0.1) is 0 Å². The lowest BCUT2D eigenvalue weighted by molar-refractivity contribution is 0.0659. The van der Waals surface area contributed by atoms with Crippen LogP contribution >= 0.6 is 0 Å². The van der Waals surface area contributed by atoms with Gasteiger partial charge in [-0.25, -0.2) is 0 Å². The SMILES string of the molecule is COCCN1C(=O)c2ccccc2C1CN. The number of ether oxygens (including phenoxy) is 1. The lowest BCUT2D eigenvalue weighted by Gasteiger charge is -2.23. The maximum atomic E-state index is 12.1. The number of nitrogens with zero attached hydrogens (tertiary/aromatic N) is 1. The molecule has 1 atom stereocenters. The van der Waals surface area contributed by atoms with Crippen LogP contribution in [0.4, 0.5) is 0 Å². The molecule has 1 aromatic carbocycles. The zero-order chi connectivity index (χ0) is 11.5. The number of carbonyl (C=O) groups is 1. The first-order chi connectivity index (χ1) is 7.79. The minimum atomic E-state index is -0.00106. The second kappa shape index (κ2) is 4.63. The summed E-state index contributed by atoms with van der Waals surface area (Å²) in [6.07, 6.45) is 0. The molecular weight excluding hydrogens is 204 g/mol. The van der Waals surface area contributed by atoms with Crippen molar-refractivity contribution in [1.29, 1.82) is 0 Å². The highest BCUT2D eigenvalue weighted by atomic mass is 16.5. The largest absolute Gasteiger partial charge is 0.383 e. The summed E-state index contributed by atoms with van der Waals surface area (Å²) in [6, 6.07) is 7.64. The van der Waals surface area contributed by atoms with Crippen molar-refractivity contribution in [2.45, 2.75) is 6.04 Å². The normalized spacial score (nSPS) is 19.0. The predicted molar refractivity (Wildman–Crippen MR) is 61.1 cm³/mol. The predicted octanol–water partition coefficient (Wildman–Crippen LogP) is 0.789. The van der Waals surface area contributed by atoms with Crippen LogP contribution in [0.25, 0.3) is 0 Å². The lowest BCUT2D eigenvalue weighted by Crippen LogP contribution is -2.34. The summed E-state index contributed by atoms with van der Waals surface area (Å²) >= 11 is 0. The van der Waals surface area contributed by atoms with Crippen molar-refractivity contribution in [1.82, 2.24) is 4.90 Å². The number of hydrogen-bond acceptors (Lipinski definition) is 3. The van der Waals surface area contributed by atoms with Crippen molar-refractivity contribution < 1.29 is 9.53 Å². The molecule has 1 amide bonds. The zero-order valence-electron chi connectivity index (χ0n) is 9.35. The maximum absolute atomic E-state index is 12.1. The van der Waals surface area contributed by atoms with Crippen LogP contribution in [0.15, 0.2) is 24.3 Å². The fourth-order valence-corrected chi connectivity index (χ4v) is 2.15. The molecule has 0 bridgehead atoms. The van der Waals surface area contributed by atoms with Crippen molar-refractivity contribution >= 4 is 5.91 Å². The molecule has 0 spiro atoms. The van der Waals surface area contributed by atoms with E-state index >= 15 is 0 Å². The number of nitrogens with two attached hydrogens (primary N) is 1. The monoisotopic (exact) mass is 220 g/mol. The third-order valence-electron chi connectivity index (χ3n) is 2.95. The number of benzene rings is 1. The highest BCUT2D eigenvalue weighted by molar-refractivity contribution is 5.99. The third kappa shape index (κ3) is 1.70. The Morgan fingerprint density at radius 2 is 2.19 bits per heavy atom. The number of fused-ring (bicyclic) bond motifs is 1. The Labute approximate surface area is 95.0 Å². The number of rotatable bonds is 4. The molecule has 1 aliphatic rings. The molecule has 1 aliphatic heterocycles. The Morgan fingerprint density at radius 3 is 2.88 bits per heavy atom. The molecule has 0 fully saturated rings. The Bertz CT molecular complexity index is 392. The first-order valence-electron chi connectivity index (χ1n) is 5.38. The Balaban J connectivity index is 2.28. The van der Waals surface area contributed by atoms with E-state index in [-0.39, 0.29) is 11.9 Å². The van der Waals surface area contributed by atoms with Gasteiger partial charge in [-0.1, -0.05) is 18.2 Å². The van der Waals surface area contributed by atoms with Crippen LogP contribution in [0.3, 0.4) is 0 Å². The van der Waals surface area contributed by atoms with Gasteiger partial charge in [0.1, 0.15) is 0 Å². The van der Waals surface area contributed by atoms with Gasteiger partial charge in [-0.3, -0.25) is 4.79 Å². The summed E-state index contributed by atoms with van der Waals surface area (Å²) in [5, 5.41) is 0. The molecule has 0 saturated heterocycles. The number of hydrogen-bond donors (Lipinski definition) is 1. The first-order valence-corrected chi connectivity index (χ1v) is 5.38. The van der Waals surface area contributed by atoms with Gasteiger partial charge in [0.05, 0.1) is 12.6 Å². The molecule has 2 N–H and O–H groups in total. The first kappa shape index (κ1) is 11.1. The number of amides is 1. The molecule has 2 rings (SSSR count). The molecule has 1 unspecified atom stereocenters. The summed E-state index contributed by atoms with van der Waals surface area (Å²) in [5.41, 5.74) is 7.54. The molecule has 16 heavy (non-hydrogen) atoms. The summed E-state index contributed by atoms with van der Waals surface area (Å²) < 4.78 is 5.01. The molecule has 4 nitrogen and oxygen atoms in total. The molecule has 0 aromatic heterocycles. The fourth-order valence-electron chi connectivity index (χ4n) is 2.15. The van der Waals surface area contributed by atoms with E-state index in [1.807, 2.05) is 24.3 Å². The lowest BCUT2D eigenvalue weighted by atomic mass is 10.1. The molecular formula is C12H16N2O2. The summed E-state index contributed by atoms with van der Waals surface area (Å²) in [7, 11) is 1.63. The second-order valence-corrected chi connectivity index (χ2v) is 3.83. The van der Waals surface area contributed by atoms with Gasteiger partial charge >= 0.3 is 0 Å². The van der Waals surface area contributed by atoms with E-state index in [0.29, 0.717) is 19.7 Å². The van der Waals surface area contributed by atoms with Gasteiger partial charge in [0.25, 0.3) is 5.91 Å². The van der Waals surface area contributed by atoms with Gasteiger partial charge in [0.15, 0.2) is 0 Å². The maximum Gasteiger partial charge on any atom is 0.254 e. The molecule has 1 aromatic rings. The van der Waals surface area contributed by atoms with E-state index in [0.717, 1.165) is 11.1 Å². The molecule has 0 radical (unpaired) electrons. The summed E-state index contributed by atoms with van der Waals surface area (Å²) in [6.45, 7) is 1.58. The van der Waals surface area contributed by atoms with Crippen molar-refractivity contribution in [3.8, 4) is 0 Å². The molecule has 4 heteroatoms. The molecule has 1 heterocycles. The highest BCUT2D eigenvalue weighted by Gasteiger charge is 2.34. The van der Waals surface area contributed by atoms with Gasteiger partial charge in [0.2, 0.25) is 0 Å². The summed E-state index contributed by atoms with van der Waals surface area (Å²) in [4.78, 5) is 13.9. The Morgan fingerprint density at radius 1 is 1.44 bits per heavy atom. The zero-order valence-corrected chi connectivity index (χ0v) is 9.35. The quantitative estimate of drug-likeness (QED) is 0.816. The van der Waals surface area contributed by atoms with Gasteiger partial charge in [0, 0.05) is 25.8 Å². The molecule has 0 saturated carbocycles. The topological polar surface area (TPSA) is 55.6 Å². The average Bonchev–Trinajstić information content (AvgIpc) is 2.60. The average molecular weight is 220 g/mol. The second-order valence-electron chi connectivity index (χ2n) is 3.83. The van der Waals surface area contributed by atoms with Gasteiger partial charge < -0.3 is 15.4 Å². The van der Waals surface area contributed by atoms with Gasteiger partial charge in [-0.2, -0.15) is 0 Å². The highest BCUT2D eigenvalue weighted by Crippen LogP contribution is 2.32. The van der Waals surface area contributed by atoms with Crippen LogP contribution in [0, 0.1) is 0 Å². The Hall–Kier alpha value is -1.39. The van der Waals surface area contributed by atoms with Crippen LogP contribution in [0.2, 0.25) is 0 Å². The number of carbonyl (C=O) groups excluding carboxylic acids is 1. The van der Waals surface area contributed by atoms with E-state index < -0.39 is 0 Å². The molecule has 0 aliphatic carbocycles. The van der Waals surface area contributed by atoms with E-state index in [9.17, 15) is 4.79 Å². The van der Waals surface area contributed by atoms with Crippen LogP contribution in [-0.2, 0) is 4.74 Å². The van der Waals surface area contributed by atoms with Crippen molar-refractivity contribution in [3.05, 3.63) is 35.4 Å². The van der Waals surface area contributed by atoms with Crippen LogP contribution < -0.4 is 5.73 Å². The fraction of sp³-hybridized carbons (Fsp3) is 0.417. The minimum Gasteiger partial charge on any atom is -0.383 e. The Kier molecular flexibility index (Phi) is 3.22. The van der Waals surface area contributed by atoms with E-state index in [2.05, 4.69) is 0 Å². The van der Waals surface area contributed by atoms with Crippen molar-refractivity contribution in [3.63, 3.8) is 0 Å². The van der Waals surface area contributed by atoms with Crippen LogP contribution in [-0.4, -0.2) is 37.6 Å². The van der Waals surface area contributed by atoms with Gasteiger partial charge in [-0.05, 0) is 11.6 Å².